The number of hydrogen-bond donors (Lipinski definition) is 2. The van der Waals surface area contributed by atoms with E-state index in [1.165, 1.54) is 22.7 Å². The van der Waals surface area contributed by atoms with Crippen molar-refractivity contribution in [1.29, 1.82) is 0 Å². The summed E-state index contributed by atoms with van der Waals surface area (Å²) in [5.41, 5.74) is 0.236. The number of alkyl halides is 3. The predicted molar refractivity (Wildman–Crippen MR) is 135 cm³/mol. The number of anilines is 1. The Kier molecular flexibility index (Phi) is 8.46. The summed E-state index contributed by atoms with van der Waals surface area (Å²) in [5.74, 6) is -1.05. The third kappa shape index (κ3) is 6.73. The minimum atomic E-state index is -4.53. The Morgan fingerprint density at radius 1 is 1.03 bits per heavy atom. The average molecular weight is 521 g/mol. The lowest BCUT2D eigenvalue weighted by molar-refractivity contribution is -0.137. The van der Waals surface area contributed by atoms with Crippen LogP contribution in [0, 0.1) is 0 Å². The highest BCUT2D eigenvalue weighted by Gasteiger charge is 2.32. The SMILES string of the molecule is CSc1cccc(N2CCC(N3CCC(NC(=O)CNC(=O)c4cccc(C(F)(F)F)c4)C3)CC2)c1. The molecule has 6 nitrogen and oxygen atoms in total. The summed E-state index contributed by atoms with van der Waals surface area (Å²) in [5, 5.41) is 5.37. The van der Waals surface area contributed by atoms with Crippen molar-refractivity contribution in [2.24, 2.45) is 0 Å². The summed E-state index contributed by atoms with van der Waals surface area (Å²) in [6.45, 7) is 3.39. The second-order valence-corrected chi connectivity index (χ2v) is 10.1. The molecule has 1 unspecified atom stereocenters. The van der Waals surface area contributed by atoms with Gasteiger partial charge in [-0.05, 0) is 61.9 Å². The second kappa shape index (κ2) is 11.6. The zero-order valence-corrected chi connectivity index (χ0v) is 21.0. The van der Waals surface area contributed by atoms with Gasteiger partial charge in [-0.15, -0.1) is 11.8 Å². The van der Waals surface area contributed by atoms with Gasteiger partial charge in [0.25, 0.3) is 5.91 Å². The second-order valence-electron chi connectivity index (χ2n) is 9.23. The fraction of sp³-hybridized carbons (Fsp3) is 0.462. The van der Waals surface area contributed by atoms with Crippen LogP contribution in [0.5, 0.6) is 0 Å². The number of amides is 2. The maximum Gasteiger partial charge on any atom is 0.416 e. The highest BCUT2D eigenvalue weighted by atomic mass is 32.2. The van der Waals surface area contributed by atoms with E-state index in [0.717, 1.165) is 57.6 Å². The number of halogens is 3. The maximum atomic E-state index is 12.9. The average Bonchev–Trinajstić information content (AvgIpc) is 3.35. The number of rotatable bonds is 7. The first-order valence-corrected chi connectivity index (χ1v) is 13.3. The quantitative estimate of drug-likeness (QED) is 0.540. The van der Waals surface area contributed by atoms with Crippen molar-refractivity contribution in [3.05, 3.63) is 59.7 Å². The molecule has 0 spiro atoms. The Labute approximate surface area is 213 Å². The van der Waals surface area contributed by atoms with Crippen LogP contribution in [-0.4, -0.2) is 67.8 Å². The van der Waals surface area contributed by atoms with E-state index in [9.17, 15) is 22.8 Å². The third-order valence-electron chi connectivity index (χ3n) is 6.85. The highest BCUT2D eigenvalue weighted by molar-refractivity contribution is 7.98. The van der Waals surface area contributed by atoms with Crippen molar-refractivity contribution in [3.8, 4) is 0 Å². The molecule has 0 bridgehead atoms. The van der Waals surface area contributed by atoms with Gasteiger partial charge in [-0.3, -0.25) is 14.5 Å². The smallest absolute Gasteiger partial charge is 0.371 e. The van der Waals surface area contributed by atoms with Crippen LogP contribution < -0.4 is 15.5 Å². The molecule has 36 heavy (non-hydrogen) atoms. The van der Waals surface area contributed by atoms with Gasteiger partial charge in [0.2, 0.25) is 5.91 Å². The number of carbonyl (C=O) groups is 2. The molecule has 2 aliphatic rings. The van der Waals surface area contributed by atoms with Gasteiger partial charge in [0.15, 0.2) is 0 Å². The minimum Gasteiger partial charge on any atom is -0.371 e. The van der Waals surface area contributed by atoms with Crippen LogP contribution in [0.1, 0.15) is 35.2 Å². The topological polar surface area (TPSA) is 64.7 Å². The Balaban J connectivity index is 1.20. The van der Waals surface area contributed by atoms with Crippen LogP contribution >= 0.6 is 11.8 Å². The lowest BCUT2D eigenvalue weighted by atomic mass is 10.0. The van der Waals surface area contributed by atoms with Crippen molar-refractivity contribution < 1.29 is 22.8 Å². The molecule has 2 aromatic carbocycles. The molecule has 194 valence electrons. The fourth-order valence-electron chi connectivity index (χ4n) is 4.91. The molecular formula is C26H31F3N4O2S. The lowest BCUT2D eigenvalue weighted by Crippen LogP contribution is -2.46. The molecule has 0 saturated carbocycles. The molecule has 2 N–H and O–H groups in total. The van der Waals surface area contributed by atoms with Gasteiger partial charge < -0.3 is 15.5 Å². The largest absolute Gasteiger partial charge is 0.416 e. The summed E-state index contributed by atoms with van der Waals surface area (Å²) in [6, 6.07) is 13.3. The van der Waals surface area contributed by atoms with E-state index in [2.05, 4.69) is 51.0 Å². The third-order valence-corrected chi connectivity index (χ3v) is 7.57. The molecule has 1 atom stereocenters. The Bertz CT molecular complexity index is 1070. The van der Waals surface area contributed by atoms with E-state index >= 15 is 0 Å². The fourth-order valence-corrected chi connectivity index (χ4v) is 5.36. The van der Waals surface area contributed by atoms with Crippen LogP contribution in [0.4, 0.5) is 18.9 Å². The molecule has 4 rings (SSSR count). The molecule has 2 heterocycles. The van der Waals surface area contributed by atoms with E-state index in [4.69, 9.17) is 0 Å². The van der Waals surface area contributed by atoms with Crippen LogP contribution in [0.3, 0.4) is 0 Å². The number of piperidine rings is 1. The Morgan fingerprint density at radius 3 is 2.50 bits per heavy atom. The predicted octanol–water partition coefficient (Wildman–Crippen LogP) is 4.02. The molecule has 2 fully saturated rings. The molecule has 2 aromatic rings. The molecular weight excluding hydrogens is 489 g/mol. The van der Waals surface area contributed by atoms with Gasteiger partial charge in [0, 0.05) is 54.4 Å². The molecule has 0 aromatic heterocycles. The monoisotopic (exact) mass is 520 g/mol. The van der Waals surface area contributed by atoms with E-state index < -0.39 is 17.6 Å². The van der Waals surface area contributed by atoms with Gasteiger partial charge in [-0.2, -0.15) is 13.2 Å². The maximum absolute atomic E-state index is 12.9. The Hall–Kier alpha value is -2.72. The molecule has 0 radical (unpaired) electrons. The van der Waals surface area contributed by atoms with E-state index in [1.54, 1.807) is 11.8 Å². The number of likely N-dealkylation sites (tertiary alicyclic amines) is 1. The number of nitrogens with zero attached hydrogens (tertiary/aromatic N) is 2. The first-order chi connectivity index (χ1) is 17.2. The Morgan fingerprint density at radius 2 is 1.78 bits per heavy atom. The number of nitrogens with one attached hydrogen (secondary N) is 2. The summed E-state index contributed by atoms with van der Waals surface area (Å²) in [7, 11) is 0. The van der Waals surface area contributed by atoms with Crippen molar-refractivity contribution in [1.82, 2.24) is 15.5 Å². The van der Waals surface area contributed by atoms with E-state index in [1.807, 2.05) is 0 Å². The number of benzene rings is 2. The summed E-state index contributed by atoms with van der Waals surface area (Å²) in [6.07, 6.45) is 0.522. The summed E-state index contributed by atoms with van der Waals surface area (Å²) < 4.78 is 38.6. The highest BCUT2D eigenvalue weighted by Crippen LogP contribution is 2.30. The number of carbonyl (C=O) groups excluding carboxylic acids is 2. The normalized spacial score (nSPS) is 19.3. The zero-order chi connectivity index (χ0) is 25.7. The van der Waals surface area contributed by atoms with E-state index in [-0.39, 0.29) is 24.1 Å². The lowest BCUT2D eigenvalue weighted by Gasteiger charge is -2.38. The van der Waals surface area contributed by atoms with Gasteiger partial charge in [0.05, 0.1) is 12.1 Å². The molecule has 0 aliphatic carbocycles. The first-order valence-electron chi connectivity index (χ1n) is 12.1. The first kappa shape index (κ1) is 26.3. The van der Waals surface area contributed by atoms with Crippen LogP contribution in [-0.2, 0) is 11.0 Å². The number of thioether (sulfide) groups is 1. The van der Waals surface area contributed by atoms with Gasteiger partial charge in [-0.1, -0.05) is 12.1 Å². The minimum absolute atomic E-state index is 0.000695. The van der Waals surface area contributed by atoms with Crippen LogP contribution in [0.25, 0.3) is 0 Å². The van der Waals surface area contributed by atoms with Gasteiger partial charge in [0.1, 0.15) is 0 Å². The van der Waals surface area contributed by atoms with Crippen molar-refractivity contribution >= 4 is 29.3 Å². The van der Waals surface area contributed by atoms with Crippen molar-refractivity contribution in [2.75, 3.05) is 43.9 Å². The summed E-state index contributed by atoms with van der Waals surface area (Å²) >= 11 is 1.74. The van der Waals surface area contributed by atoms with Crippen molar-refractivity contribution in [3.63, 3.8) is 0 Å². The summed E-state index contributed by atoms with van der Waals surface area (Å²) in [4.78, 5) is 30.7. The van der Waals surface area contributed by atoms with Crippen molar-refractivity contribution in [2.45, 2.75) is 42.4 Å². The molecule has 2 aliphatic heterocycles. The number of hydrogen-bond acceptors (Lipinski definition) is 5. The molecule has 10 heteroatoms. The van der Waals surface area contributed by atoms with Crippen LogP contribution in [0.2, 0.25) is 0 Å². The standard InChI is InChI=1S/C26H31F3N4O2S/c1-36-23-7-3-6-22(15-23)32-12-9-21(10-13-32)33-11-8-20(17-33)31-24(34)16-30-25(35)18-4-2-5-19(14-18)26(27,28)29/h2-7,14-15,20-21H,8-13,16-17H2,1H3,(H,30,35)(H,31,34). The van der Waals surface area contributed by atoms with Gasteiger partial charge in [-0.25, -0.2) is 0 Å². The molecule has 2 amide bonds. The van der Waals surface area contributed by atoms with E-state index in [0.29, 0.717) is 6.04 Å². The van der Waals surface area contributed by atoms with Gasteiger partial charge >= 0.3 is 6.18 Å². The van der Waals surface area contributed by atoms with Crippen LogP contribution in [0.15, 0.2) is 53.4 Å². The zero-order valence-electron chi connectivity index (χ0n) is 20.2. The molecule has 2 saturated heterocycles.